The third-order valence-corrected chi connectivity index (χ3v) is 1.54. The molecule has 1 aromatic carbocycles. The Morgan fingerprint density at radius 2 is 1.77 bits per heavy atom. The van der Waals surface area contributed by atoms with Crippen LogP contribution in [0.3, 0.4) is 0 Å². The predicted octanol–water partition coefficient (Wildman–Crippen LogP) is 1.98. The monoisotopic (exact) mass is 179 g/mol. The van der Waals surface area contributed by atoms with Crippen molar-refractivity contribution >= 4 is 17.6 Å². The lowest BCUT2D eigenvalue weighted by Crippen LogP contribution is -2.07. The molecule has 0 saturated heterocycles. The molecule has 0 bridgehead atoms. The standard InChI is InChI=1S/C9H9NO3/c1-6(11)7-2-4-8(5-3-7)10-9(12)13/h2-5,10H,1H3,(H,12,13). The van der Waals surface area contributed by atoms with Crippen LogP contribution >= 0.6 is 0 Å². The number of rotatable bonds is 2. The lowest BCUT2D eigenvalue weighted by molar-refractivity contribution is 0.101. The van der Waals surface area contributed by atoms with Crippen LogP contribution in [0.4, 0.5) is 10.5 Å². The second kappa shape index (κ2) is 3.71. The molecule has 0 spiro atoms. The van der Waals surface area contributed by atoms with E-state index in [0.717, 1.165) is 0 Å². The maximum atomic E-state index is 10.8. The van der Waals surface area contributed by atoms with E-state index in [4.69, 9.17) is 5.11 Å². The van der Waals surface area contributed by atoms with E-state index in [0.29, 0.717) is 11.3 Å². The summed E-state index contributed by atoms with van der Waals surface area (Å²) in [5.41, 5.74) is 1.02. The Morgan fingerprint density at radius 1 is 1.23 bits per heavy atom. The highest BCUT2D eigenvalue weighted by Crippen LogP contribution is 2.09. The molecule has 4 nitrogen and oxygen atoms in total. The van der Waals surface area contributed by atoms with Crippen LogP contribution in [0, 0.1) is 0 Å². The van der Waals surface area contributed by atoms with Crippen molar-refractivity contribution in [2.24, 2.45) is 0 Å². The molecule has 0 radical (unpaired) electrons. The van der Waals surface area contributed by atoms with E-state index in [1.54, 1.807) is 24.3 Å². The van der Waals surface area contributed by atoms with Gasteiger partial charge in [-0.3, -0.25) is 10.1 Å². The molecule has 4 heteroatoms. The van der Waals surface area contributed by atoms with Crippen LogP contribution in [-0.2, 0) is 0 Å². The lowest BCUT2D eigenvalue weighted by atomic mass is 10.1. The number of anilines is 1. The number of Topliss-reactive ketones (excluding diaryl/α,β-unsaturated/α-hetero) is 1. The fourth-order valence-electron chi connectivity index (χ4n) is 0.912. The molecule has 0 unspecified atom stereocenters. The molecule has 0 aliphatic heterocycles. The van der Waals surface area contributed by atoms with Crippen LogP contribution in [0.5, 0.6) is 0 Å². The molecule has 1 aromatic rings. The molecule has 2 N–H and O–H groups in total. The Balaban J connectivity index is 2.81. The molecule has 0 saturated carbocycles. The van der Waals surface area contributed by atoms with E-state index in [1.807, 2.05) is 0 Å². The van der Waals surface area contributed by atoms with Crippen molar-refractivity contribution in [2.75, 3.05) is 5.32 Å². The van der Waals surface area contributed by atoms with Crippen molar-refractivity contribution in [3.63, 3.8) is 0 Å². The van der Waals surface area contributed by atoms with Gasteiger partial charge >= 0.3 is 6.09 Å². The number of hydrogen-bond acceptors (Lipinski definition) is 2. The fourth-order valence-corrected chi connectivity index (χ4v) is 0.912. The molecular formula is C9H9NO3. The first-order valence-corrected chi connectivity index (χ1v) is 3.70. The minimum absolute atomic E-state index is 0.0399. The summed E-state index contributed by atoms with van der Waals surface area (Å²) in [5, 5.41) is 10.5. The molecule has 0 aromatic heterocycles. The lowest BCUT2D eigenvalue weighted by Gasteiger charge is -2.00. The largest absolute Gasteiger partial charge is 0.465 e. The van der Waals surface area contributed by atoms with Gasteiger partial charge in [-0.1, -0.05) is 0 Å². The number of ketones is 1. The van der Waals surface area contributed by atoms with Gasteiger partial charge in [0.1, 0.15) is 0 Å². The minimum atomic E-state index is -1.12. The van der Waals surface area contributed by atoms with Gasteiger partial charge in [-0.2, -0.15) is 0 Å². The van der Waals surface area contributed by atoms with Crippen LogP contribution in [-0.4, -0.2) is 17.0 Å². The Hall–Kier alpha value is -1.84. The van der Waals surface area contributed by atoms with E-state index >= 15 is 0 Å². The van der Waals surface area contributed by atoms with E-state index in [1.165, 1.54) is 6.92 Å². The van der Waals surface area contributed by atoms with Crippen molar-refractivity contribution in [3.05, 3.63) is 29.8 Å². The second-order valence-corrected chi connectivity index (χ2v) is 2.56. The Labute approximate surface area is 75.2 Å². The van der Waals surface area contributed by atoms with E-state index in [9.17, 15) is 9.59 Å². The predicted molar refractivity (Wildman–Crippen MR) is 48.1 cm³/mol. The van der Waals surface area contributed by atoms with Crippen molar-refractivity contribution in [1.29, 1.82) is 0 Å². The first kappa shape index (κ1) is 9.25. The quantitative estimate of drug-likeness (QED) is 0.682. The summed E-state index contributed by atoms with van der Waals surface area (Å²) in [6, 6.07) is 6.25. The van der Waals surface area contributed by atoms with Gasteiger partial charge in [0.25, 0.3) is 0 Å². The van der Waals surface area contributed by atoms with Crippen LogP contribution in [0.15, 0.2) is 24.3 Å². The minimum Gasteiger partial charge on any atom is -0.465 e. The summed E-state index contributed by atoms with van der Waals surface area (Å²) in [6.45, 7) is 1.46. The number of carbonyl (C=O) groups excluding carboxylic acids is 1. The normalized spacial score (nSPS) is 9.31. The molecule has 0 atom stereocenters. The van der Waals surface area contributed by atoms with E-state index in [-0.39, 0.29) is 5.78 Å². The second-order valence-electron chi connectivity index (χ2n) is 2.56. The highest BCUT2D eigenvalue weighted by atomic mass is 16.4. The maximum absolute atomic E-state index is 10.8. The number of benzene rings is 1. The SMILES string of the molecule is CC(=O)c1ccc(NC(=O)O)cc1. The van der Waals surface area contributed by atoms with Crippen LogP contribution < -0.4 is 5.32 Å². The maximum Gasteiger partial charge on any atom is 0.409 e. The van der Waals surface area contributed by atoms with Gasteiger partial charge in [0, 0.05) is 11.3 Å². The molecule has 1 amide bonds. The van der Waals surface area contributed by atoms with Gasteiger partial charge in [-0.15, -0.1) is 0 Å². The molecular weight excluding hydrogens is 170 g/mol. The number of carboxylic acid groups (broad SMARTS) is 1. The van der Waals surface area contributed by atoms with Crippen molar-refractivity contribution in [1.82, 2.24) is 0 Å². The van der Waals surface area contributed by atoms with Crippen LogP contribution in [0.2, 0.25) is 0 Å². The molecule has 0 aliphatic rings. The van der Waals surface area contributed by atoms with Crippen molar-refractivity contribution in [3.8, 4) is 0 Å². The van der Waals surface area contributed by atoms with Gasteiger partial charge in [0.05, 0.1) is 0 Å². The fraction of sp³-hybridized carbons (Fsp3) is 0.111. The zero-order chi connectivity index (χ0) is 9.84. The average Bonchev–Trinajstić information content (AvgIpc) is 2.04. The molecule has 68 valence electrons. The molecule has 0 heterocycles. The molecule has 13 heavy (non-hydrogen) atoms. The molecule has 0 aliphatic carbocycles. The number of nitrogens with one attached hydrogen (secondary N) is 1. The van der Waals surface area contributed by atoms with Crippen LogP contribution in [0.25, 0.3) is 0 Å². The summed E-state index contributed by atoms with van der Waals surface area (Å²) in [6.07, 6.45) is -1.12. The average molecular weight is 179 g/mol. The van der Waals surface area contributed by atoms with Gasteiger partial charge < -0.3 is 5.11 Å². The number of amides is 1. The summed E-state index contributed by atoms with van der Waals surface area (Å²) >= 11 is 0. The smallest absolute Gasteiger partial charge is 0.409 e. The number of hydrogen-bond donors (Lipinski definition) is 2. The van der Waals surface area contributed by atoms with Gasteiger partial charge in [-0.05, 0) is 31.2 Å². The first-order valence-electron chi connectivity index (χ1n) is 3.70. The van der Waals surface area contributed by atoms with Crippen LogP contribution in [0.1, 0.15) is 17.3 Å². The zero-order valence-corrected chi connectivity index (χ0v) is 7.07. The Bertz CT molecular complexity index is 329. The van der Waals surface area contributed by atoms with Gasteiger partial charge in [0.15, 0.2) is 5.78 Å². The number of carbonyl (C=O) groups is 2. The summed E-state index contributed by atoms with van der Waals surface area (Å²) in [5.74, 6) is -0.0399. The molecule has 0 fully saturated rings. The highest BCUT2D eigenvalue weighted by Gasteiger charge is 2.00. The zero-order valence-electron chi connectivity index (χ0n) is 7.07. The van der Waals surface area contributed by atoms with E-state index < -0.39 is 6.09 Å². The molecule has 1 rings (SSSR count). The summed E-state index contributed by atoms with van der Waals surface area (Å²) < 4.78 is 0. The van der Waals surface area contributed by atoms with E-state index in [2.05, 4.69) is 5.32 Å². The Kier molecular flexibility index (Phi) is 2.64. The topological polar surface area (TPSA) is 66.4 Å². The summed E-state index contributed by atoms with van der Waals surface area (Å²) in [4.78, 5) is 21.1. The Morgan fingerprint density at radius 3 is 2.15 bits per heavy atom. The third-order valence-electron chi connectivity index (χ3n) is 1.54. The van der Waals surface area contributed by atoms with Crippen molar-refractivity contribution < 1.29 is 14.7 Å². The van der Waals surface area contributed by atoms with Gasteiger partial charge in [0.2, 0.25) is 0 Å². The highest BCUT2D eigenvalue weighted by molar-refractivity contribution is 5.94. The van der Waals surface area contributed by atoms with Gasteiger partial charge in [-0.25, -0.2) is 4.79 Å². The van der Waals surface area contributed by atoms with Crippen molar-refractivity contribution in [2.45, 2.75) is 6.92 Å². The summed E-state index contributed by atoms with van der Waals surface area (Å²) in [7, 11) is 0. The third kappa shape index (κ3) is 2.59. The first-order chi connectivity index (χ1) is 6.09.